The van der Waals surface area contributed by atoms with E-state index in [0.717, 1.165) is 24.1 Å². The van der Waals surface area contributed by atoms with Gasteiger partial charge in [-0.15, -0.1) is 0 Å². The molecule has 0 aliphatic carbocycles. The summed E-state index contributed by atoms with van der Waals surface area (Å²) in [5.74, 6) is 0.727. The van der Waals surface area contributed by atoms with E-state index in [4.69, 9.17) is 4.74 Å². The van der Waals surface area contributed by atoms with Crippen molar-refractivity contribution in [2.24, 2.45) is 4.99 Å². The summed E-state index contributed by atoms with van der Waals surface area (Å²) >= 11 is 5.82. The average molecular weight is 576 g/mol. The molecule has 4 nitrogen and oxygen atoms in total. The number of nitrogens with zero attached hydrogens (tertiary/aromatic N) is 1. The molecule has 3 rings (SSSR count). The maximum atomic E-state index is 12.2. The molecule has 1 amide bonds. The van der Waals surface area contributed by atoms with Crippen molar-refractivity contribution < 1.29 is 9.53 Å². The number of thioether (sulfide) groups is 1. The van der Waals surface area contributed by atoms with E-state index in [9.17, 15) is 4.79 Å². The van der Waals surface area contributed by atoms with Crippen LogP contribution in [0, 0.1) is 14.1 Å². The molecule has 0 saturated carbocycles. The lowest BCUT2D eigenvalue weighted by Crippen LogP contribution is -2.19. The van der Waals surface area contributed by atoms with Crippen LogP contribution in [0.25, 0.3) is 6.08 Å². The molecule has 1 fully saturated rings. The van der Waals surface area contributed by atoms with E-state index in [1.165, 1.54) is 17.3 Å². The van der Waals surface area contributed by atoms with Gasteiger partial charge in [0.25, 0.3) is 5.91 Å². The maximum Gasteiger partial charge on any atom is 0.264 e. The average Bonchev–Trinajstić information content (AvgIpc) is 2.89. The quantitative estimate of drug-likeness (QED) is 0.409. The van der Waals surface area contributed by atoms with Gasteiger partial charge in [0.05, 0.1) is 24.8 Å². The summed E-state index contributed by atoms with van der Waals surface area (Å²) in [6.45, 7) is 2.03. The Kier molecular flexibility index (Phi) is 6.05. The molecule has 1 saturated heterocycles. The molecule has 0 aromatic heterocycles. The van der Waals surface area contributed by atoms with Crippen molar-refractivity contribution in [3.05, 3.63) is 59.6 Å². The lowest BCUT2D eigenvalue weighted by Gasteiger charge is -2.07. The fourth-order valence-electron chi connectivity index (χ4n) is 2.23. The number of nitrogens with one attached hydrogen (secondary N) is 1. The van der Waals surface area contributed by atoms with Crippen molar-refractivity contribution in [3.8, 4) is 5.75 Å². The maximum absolute atomic E-state index is 12.2. The number of amidine groups is 1. The number of benzene rings is 2. The standard InChI is InChI=1S/C18H14I2N2O2S/c1-10-3-5-12(6-4-10)21-18-22-17(23)15(25-18)9-11-7-13(19)16(24-2)14(20)8-11/h3-9H,1-2H3,(H,21,22,23)/b15-9+. The minimum absolute atomic E-state index is 0.128. The second-order valence-corrected chi connectivity index (χ2v) is 8.69. The summed E-state index contributed by atoms with van der Waals surface area (Å²) in [5, 5.41) is 3.41. The molecule has 25 heavy (non-hydrogen) atoms. The van der Waals surface area contributed by atoms with Crippen LogP contribution in [0.1, 0.15) is 11.1 Å². The predicted octanol–water partition coefficient (Wildman–Crippen LogP) is 5.10. The lowest BCUT2D eigenvalue weighted by molar-refractivity contribution is -0.115. The molecule has 0 unspecified atom stereocenters. The Hall–Kier alpha value is -1.07. The van der Waals surface area contributed by atoms with Gasteiger partial charge in [-0.25, -0.2) is 4.99 Å². The van der Waals surface area contributed by atoms with Crippen LogP contribution in [0.15, 0.2) is 46.3 Å². The van der Waals surface area contributed by atoms with Gasteiger partial charge in [-0.2, -0.15) is 0 Å². The summed E-state index contributed by atoms with van der Waals surface area (Å²) in [6.07, 6.45) is 1.88. The number of aryl methyl sites for hydroxylation is 1. The Morgan fingerprint density at radius 3 is 2.40 bits per heavy atom. The zero-order valence-corrected chi connectivity index (χ0v) is 18.6. The van der Waals surface area contributed by atoms with Gasteiger partial charge in [0.1, 0.15) is 5.75 Å². The molecule has 0 radical (unpaired) electrons. The first-order chi connectivity index (χ1) is 12.0. The number of ether oxygens (including phenoxy) is 1. The highest BCUT2D eigenvalue weighted by Crippen LogP contribution is 2.32. The monoisotopic (exact) mass is 576 g/mol. The number of hydrogen-bond acceptors (Lipinski definition) is 4. The molecular weight excluding hydrogens is 562 g/mol. The summed E-state index contributed by atoms with van der Waals surface area (Å²) in [7, 11) is 1.66. The summed E-state index contributed by atoms with van der Waals surface area (Å²) < 4.78 is 7.39. The van der Waals surface area contributed by atoms with E-state index in [2.05, 4.69) is 55.5 Å². The Bertz CT molecular complexity index is 869. The molecule has 0 bridgehead atoms. The Morgan fingerprint density at radius 1 is 1.16 bits per heavy atom. The highest BCUT2D eigenvalue weighted by molar-refractivity contribution is 14.1. The van der Waals surface area contributed by atoms with E-state index in [-0.39, 0.29) is 5.91 Å². The molecule has 1 aliphatic heterocycles. The molecule has 7 heteroatoms. The third-order valence-electron chi connectivity index (χ3n) is 3.44. The van der Waals surface area contributed by atoms with E-state index >= 15 is 0 Å². The van der Waals surface area contributed by atoms with Gasteiger partial charge >= 0.3 is 0 Å². The van der Waals surface area contributed by atoms with E-state index in [1.54, 1.807) is 7.11 Å². The van der Waals surface area contributed by atoms with Gasteiger partial charge in [0.15, 0.2) is 5.17 Å². The second kappa shape index (κ2) is 8.09. The zero-order valence-electron chi connectivity index (χ0n) is 13.5. The van der Waals surface area contributed by atoms with Crippen molar-refractivity contribution in [1.82, 2.24) is 5.32 Å². The summed E-state index contributed by atoms with van der Waals surface area (Å²) in [4.78, 5) is 17.3. The van der Waals surface area contributed by atoms with Crippen molar-refractivity contribution in [3.63, 3.8) is 0 Å². The Labute approximate surface area is 177 Å². The van der Waals surface area contributed by atoms with Gasteiger partial charge < -0.3 is 10.1 Å². The highest BCUT2D eigenvalue weighted by atomic mass is 127. The van der Waals surface area contributed by atoms with Gasteiger partial charge in [0, 0.05) is 0 Å². The van der Waals surface area contributed by atoms with Gasteiger partial charge in [-0.05, 0) is 99.8 Å². The topological polar surface area (TPSA) is 50.7 Å². The molecule has 128 valence electrons. The number of carbonyl (C=O) groups is 1. The first-order valence-electron chi connectivity index (χ1n) is 7.35. The first kappa shape index (κ1) is 18.7. The number of methoxy groups -OCH3 is 1. The van der Waals surface area contributed by atoms with E-state index in [0.29, 0.717) is 10.1 Å². The summed E-state index contributed by atoms with van der Waals surface area (Å²) in [5.41, 5.74) is 2.96. The molecule has 2 aromatic rings. The number of halogens is 2. The molecule has 0 spiro atoms. The number of carbonyl (C=O) groups excluding carboxylic acids is 1. The van der Waals surface area contributed by atoms with Crippen LogP contribution in [0.4, 0.5) is 5.69 Å². The minimum Gasteiger partial charge on any atom is -0.495 e. The summed E-state index contributed by atoms with van der Waals surface area (Å²) in [6, 6.07) is 11.9. The van der Waals surface area contributed by atoms with Crippen LogP contribution in [0.5, 0.6) is 5.75 Å². The van der Waals surface area contributed by atoms with Crippen molar-refractivity contribution in [1.29, 1.82) is 0 Å². The van der Waals surface area contributed by atoms with Crippen LogP contribution in [-0.2, 0) is 4.79 Å². The van der Waals surface area contributed by atoms with Gasteiger partial charge in [-0.3, -0.25) is 4.79 Å². The van der Waals surface area contributed by atoms with Crippen LogP contribution >= 0.6 is 56.9 Å². The van der Waals surface area contributed by atoms with Crippen molar-refractivity contribution in [2.75, 3.05) is 7.11 Å². The Morgan fingerprint density at radius 2 is 1.80 bits per heavy atom. The lowest BCUT2D eigenvalue weighted by atomic mass is 10.2. The van der Waals surface area contributed by atoms with Gasteiger partial charge in [-0.1, -0.05) is 17.7 Å². The minimum atomic E-state index is -0.128. The van der Waals surface area contributed by atoms with Crippen LogP contribution < -0.4 is 10.1 Å². The normalized spacial score (nSPS) is 17.2. The number of amides is 1. The second-order valence-electron chi connectivity index (χ2n) is 5.34. The molecule has 1 N–H and O–H groups in total. The predicted molar refractivity (Wildman–Crippen MR) is 120 cm³/mol. The van der Waals surface area contributed by atoms with Gasteiger partial charge in [0.2, 0.25) is 0 Å². The highest BCUT2D eigenvalue weighted by Gasteiger charge is 2.24. The molecule has 2 aromatic carbocycles. The van der Waals surface area contributed by atoms with Crippen molar-refractivity contribution in [2.45, 2.75) is 6.92 Å². The SMILES string of the molecule is COc1c(I)cc(/C=C2/SC(=Nc3ccc(C)cc3)NC2=O)cc1I. The molecule has 0 atom stereocenters. The Balaban J connectivity index is 1.85. The third-order valence-corrected chi connectivity index (χ3v) is 5.95. The largest absolute Gasteiger partial charge is 0.495 e. The molecule has 1 aliphatic rings. The fraction of sp³-hybridized carbons (Fsp3) is 0.111. The molecular formula is C18H14I2N2O2S. The fourth-order valence-corrected chi connectivity index (χ4v) is 5.32. The van der Waals surface area contributed by atoms with Crippen LogP contribution in [-0.4, -0.2) is 18.2 Å². The third kappa shape index (κ3) is 4.56. The van der Waals surface area contributed by atoms with Crippen LogP contribution in [0.3, 0.4) is 0 Å². The number of rotatable bonds is 3. The van der Waals surface area contributed by atoms with E-state index < -0.39 is 0 Å². The number of hydrogen-bond donors (Lipinski definition) is 1. The van der Waals surface area contributed by atoms with E-state index in [1.807, 2.05) is 49.4 Å². The molecule has 1 heterocycles. The number of aliphatic imine (C=N–C) groups is 1. The zero-order chi connectivity index (χ0) is 18.0. The van der Waals surface area contributed by atoms with Crippen molar-refractivity contribution >= 4 is 79.8 Å². The smallest absolute Gasteiger partial charge is 0.264 e. The first-order valence-corrected chi connectivity index (χ1v) is 10.3. The van der Waals surface area contributed by atoms with Crippen LogP contribution in [0.2, 0.25) is 0 Å².